The SMILES string of the molecule is CCC(C)Nc1cccc(-c2nncn2C)c1. The highest BCUT2D eigenvalue weighted by atomic mass is 15.2. The summed E-state index contributed by atoms with van der Waals surface area (Å²) < 4.78 is 1.92. The van der Waals surface area contributed by atoms with Crippen LogP contribution in [-0.4, -0.2) is 20.8 Å². The van der Waals surface area contributed by atoms with Gasteiger partial charge >= 0.3 is 0 Å². The van der Waals surface area contributed by atoms with E-state index in [9.17, 15) is 0 Å². The van der Waals surface area contributed by atoms with Crippen LogP contribution in [0.4, 0.5) is 5.69 Å². The lowest BCUT2D eigenvalue weighted by Crippen LogP contribution is -2.13. The van der Waals surface area contributed by atoms with Gasteiger partial charge in [0, 0.05) is 24.3 Å². The van der Waals surface area contributed by atoms with Crippen LogP contribution < -0.4 is 5.32 Å². The highest BCUT2D eigenvalue weighted by molar-refractivity contribution is 5.62. The lowest BCUT2D eigenvalue weighted by molar-refractivity contribution is 0.764. The van der Waals surface area contributed by atoms with Crippen LogP contribution in [0.3, 0.4) is 0 Å². The van der Waals surface area contributed by atoms with Gasteiger partial charge < -0.3 is 9.88 Å². The smallest absolute Gasteiger partial charge is 0.163 e. The fraction of sp³-hybridized carbons (Fsp3) is 0.385. The molecule has 4 nitrogen and oxygen atoms in total. The maximum absolute atomic E-state index is 4.11. The maximum Gasteiger partial charge on any atom is 0.163 e. The molecule has 1 aromatic carbocycles. The fourth-order valence-electron chi connectivity index (χ4n) is 1.68. The van der Waals surface area contributed by atoms with Crippen molar-refractivity contribution in [2.24, 2.45) is 7.05 Å². The lowest BCUT2D eigenvalue weighted by atomic mass is 10.1. The van der Waals surface area contributed by atoms with Crippen LogP contribution in [0.25, 0.3) is 11.4 Å². The summed E-state index contributed by atoms with van der Waals surface area (Å²) in [6, 6.07) is 8.74. The van der Waals surface area contributed by atoms with E-state index in [-0.39, 0.29) is 0 Å². The number of aromatic nitrogens is 3. The summed E-state index contributed by atoms with van der Waals surface area (Å²) in [5.41, 5.74) is 2.21. The summed E-state index contributed by atoms with van der Waals surface area (Å²) in [6.07, 6.45) is 2.82. The molecule has 0 aliphatic heterocycles. The third kappa shape index (κ3) is 2.64. The van der Waals surface area contributed by atoms with E-state index in [1.165, 1.54) is 0 Å². The molecular formula is C13H18N4. The van der Waals surface area contributed by atoms with Crippen molar-refractivity contribution in [1.82, 2.24) is 14.8 Å². The summed E-state index contributed by atoms with van der Waals surface area (Å²) in [6.45, 7) is 4.35. The highest BCUT2D eigenvalue weighted by Crippen LogP contribution is 2.20. The molecule has 0 aliphatic rings. The average Bonchev–Trinajstić information content (AvgIpc) is 2.75. The third-order valence-electron chi connectivity index (χ3n) is 2.86. The Morgan fingerprint density at radius 2 is 2.24 bits per heavy atom. The topological polar surface area (TPSA) is 42.7 Å². The van der Waals surface area contributed by atoms with Crippen LogP contribution >= 0.6 is 0 Å². The molecule has 1 N–H and O–H groups in total. The van der Waals surface area contributed by atoms with Gasteiger partial charge in [-0.2, -0.15) is 0 Å². The largest absolute Gasteiger partial charge is 0.383 e. The molecule has 1 heterocycles. The van der Waals surface area contributed by atoms with Crippen LogP contribution in [0.15, 0.2) is 30.6 Å². The molecule has 1 unspecified atom stereocenters. The Labute approximate surface area is 102 Å². The number of nitrogens with zero attached hydrogens (tertiary/aromatic N) is 3. The second kappa shape index (κ2) is 4.99. The molecule has 0 spiro atoms. The minimum Gasteiger partial charge on any atom is -0.383 e. The standard InChI is InChI=1S/C13H18N4/c1-4-10(2)15-12-7-5-6-11(8-12)13-16-14-9-17(13)3/h5-10,15H,4H2,1-3H3. The summed E-state index contributed by atoms with van der Waals surface area (Å²) in [5.74, 6) is 0.887. The molecule has 0 fully saturated rings. The Morgan fingerprint density at radius 1 is 1.41 bits per heavy atom. The molecule has 0 radical (unpaired) electrons. The molecule has 1 atom stereocenters. The van der Waals surface area contributed by atoms with Crippen LogP contribution in [-0.2, 0) is 7.05 Å². The Hall–Kier alpha value is -1.84. The van der Waals surface area contributed by atoms with Gasteiger partial charge in [-0.1, -0.05) is 19.1 Å². The molecule has 2 aromatic rings. The van der Waals surface area contributed by atoms with Crippen LogP contribution in [0.2, 0.25) is 0 Å². The monoisotopic (exact) mass is 230 g/mol. The predicted octanol–water partition coefficient (Wildman–Crippen LogP) is 2.69. The summed E-state index contributed by atoms with van der Waals surface area (Å²) in [5, 5.41) is 11.5. The molecule has 2 rings (SSSR count). The number of rotatable bonds is 4. The Kier molecular flexibility index (Phi) is 3.42. The zero-order valence-electron chi connectivity index (χ0n) is 10.5. The molecule has 0 saturated carbocycles. The first-order chi connectivity index (χ1) is 8.20. The number of aryl methyl sites for hydroxylation is 1. The third-order valence-corrected chi connectivity index (χ3v) is 2.86. The van der Waals surface area contributed by atoms with E-state index in [2.05, 4.69) is 41.5 Å². The van der Waals surface area contributed by atoms with Crippen molar-refractivity contribution in [2.45, 2.75) is 26.3 Å². The minimum atomic E-state index is 0.477. The van der Waals surface area contributed by atoms with E-state index in [0.29, 0.717) is 6.04 Å². The lowest BCUT2D eigenvalue weighted by Gasteiger charge is -2.13. The van der Waals surface area contributed by atoms with E-state index in [1.807, 2.05) is 23.7 Å². The number of anilines is 1. The minimum absolute atomic E-state index is 0.477. The quantitative estimate of drug-likeness (QED) is 0.878. The molecule has 0 bridgehead atoms. The Morgan fingerprint density at radius 3 is 2.88 bits per heavy atom. The second-order valence-corrected chi connectivity index (χ2v) is 4.30. The van der Waals surface area contributed by atoms with Crippen LogP contribution in [0.5, 0.6) is 0 Å². The van der Waals surface area contributed by atoms with Gasteiger partial charge in [0.25, 0.3) is 0 Å². The first kappa shape index (κ1) is 11.6. The van der Waals surface area contributed by atoms with Crippen molar-refractivity contribution < 1.29 is 0 Å². The maximum atomic E-state index is 4.11. The summed E-state index contributed by atoms with van der Waals surface area (Å²) >= 11 is 0. The average molecular weight is 230 g/mol. The van der Waals surface area contributed by atoms with Gasteiger partial charge in [-0.05, 0) is 25.5 Å². The molecule has 0 amide bonds. The summed E-state index contributed by atoms with van der Waals surface area (Å²) in [4.78, 5) is 0. The van der Waals surface area contributed by atoms with Gasteiger partial charge in [0.05, 0.1) is 0 Å². The predicted molar refractivity (Wildman–Crippen MR) is 69.8 cm³/mol. The van der Waals surface area contributed by atoms with Crippen LogP contribution in [0.1, 0.15) is 20.3 Å². The van der Waals surface area contributed by atoms with Gasteiger partial charge in [0.2, 0.25) is 0 Å². The van der Waals surface area contributed by atoms with Crippen molar-refractivity contribution >= 4 is 5.69 Å². The van der Waals surface area contributed by atoms with Crippen molar-refractivity contribution in [3.05, 3.63) is 30.6 Å². The molecule has 0 saturated heterocycles. The second-order valence-electron chi connectivity index (χ2n) is 4.30. The van der Waals surface area contributed by atoms with Crippen molar-refractivity contribution in [2.75, 3.05) is 5.32 Å². The van der Waals surface area contributed by atoms with Crippen molar-refractivity contribution in [1.29, 1.82) is 0 Å². The zero-order valence-corrected chi connectivity index (χ0v) is 10.5. The van der Waals surface area contributed by atoms with Gasteiger partial charge in [0.15, 0.2) is 5.82 Å². The van der Waals surface area contributed by atoms with E-state index in [4.69, 9.17) is 0 Å². The van der Waals surface area contributed by atoms with Gasteiger partial charge in [-0.3, -0.25) is 0 Å². The van der Waals surface area contributed by atoms with Crippen molar-refractivity contribution in [3.63, 3.8) is 0 Å². The Bertz CT molecular complexity index is 490. The van der Waals surface area contributed by atoms with E-state index < -0.39 is 0 Å². The zero-order chi connectivity index (χ0) is 12.3. The molecule has 1 aromatic heterocycles. The fourth-order valence-corrected chi connectivity index (χ4v) is 1.68. The highest BCUT2D eigenvalue weighted by Gasteiger charge is 2.05. The van der Waals surface area contributed by atoms with E-state index in [1.54, 1.807) is 6.33 Å². The van der Waals surface area contributed by atoms with Gasteiger partial charge in [0.1, 0.15) is 6.33 Å². The first-order valence-corrected chi connectivity index (χ1v) is 5.91. The Balaban J connectivity index is 2.26. The van der Waals surface area contributed by atoms with Gasteiger partial charge in [-0.15, -0.1) is 10.2 Å². The number of hydrogen-bond acceptors (Lipinski definition) is 3. The number of nitrogens with one attached hydrogen (secondary N) is 1. The first-order valence-electron chi connectivity index (χ1n) is 5.91. The van der Waals surface area contributed by atoms with Crippen molar-refractivity contribution in [3.8, 4) is 11.4 Å². The van der Waals surface area contributed by atoms with E-state index in [0.717, 1.165) is 23.5 Å². The molecule has 0 aliphatic carbocycles. The van der Waals surface area contributed by atoms with Crippen LogP contribution in [0, 0.1) is 0 Å². The molecular weight excluding hydrogens is 212 g/mol. The molecule has 17 heavy (non-hydrogen) atoms. The van der Waals surface area contributed by atoms with Gasteiger partial charge in [-0.25, -0.2) is 0 Å². The number of benzene rings is 1. The number of hydrogen-bond donors (Lipinski definition) is 1. The molecule has 4 heteroatoms. The summed E-state index contributed by atoms with van der Waals surface area (Å²) in [7, 11) is 1.95. The normalized spacial score (nSPS) is 12.4. The van der Waals surface area contributed by atoms with E-state index >= 15 is 0 Å². The molecule has 90 valence electrons.